The van der Waals surface area contributed by atoms with Crippen LogP contribution in [0.5, 0.6) is 0 Å². The third-order valence-electron chi connectivity index (χ3n) is 2.85. The van der Waals surface area contributed by atoms with Gasteiger partial charge in [-0.15, -0.1) is 17.0 Å². The molecule has 1 unspecified atom stereocenters. The Bertz CT molecular complexity index is 287. The number of halogens is 2. The van der Waals surface area contributed by atoms with E-state index in [1.165, 1.54) is 32.1 Å². The smallest absolute Gasteiger partial charge is 1.00 e. The van der Waals surface area contributed by atoms with Crippen molar-refractivity contribution in [2.24, 2.45) is 0 Å². The molecule has 41 heavy (non-hydrogen) atoms. The Morgan fingerprint density at radius 2 is 1.24 bits per heavy atom. The predicted molar refractivity (Wildman–Crippen MR) is 175 cm³/mol. The Kier molecular flexibility index (Phi) is 270. The number of ether oxygens (including phenoxy) is 1. The number of methoxy groups -OCH3 is 1. The van der Waals surface area contributed by atoms with Gasteiger partial charge in [-0.05, 0) is 39.0 Å². The molecule has 1 atom stereocenters. The van der Waals surface area contributed by atoms with Crippen molar-refractivity contribution in [2.45, 2.75) is 132 Å². The second-order valence-electron chi connectivity index (χ2n) is 6.96. The number of carbonyl (C=O) groups is 2. The number of aliphatic hydroxyl groups excluding tert-OH is 3. The maximum atomic E-state index is 9.40. The van der Waals surface area contributed by atoms with Crippen molar-refractivity contribution in [3.8, 4) is 0 Å². The summed E-state index contributed by atoms with van der Waals surface area (Å²) in [6.07, 6.45) is 12.8. The number of hydrogen-bond donors (Lipinski definition) is 3. The summed E-state index contributed by atoms with van der Waals surface area (Å²) in [4.78, 5) is 20.7. The Labute approximate surface area is 387 Å². The molecule has 14 heteroatoms. The van der Waals surface area contributed by atoms with Gasteiger partial charge < -0.3 is 37.8 Å². The molecule has 0 heterocycles. The summed E-state index contributed by atoms with van der Waals surface area (Å²) in [5.74, 6) is 0. The second kappa shape index (κ2) is 130. The minimum atomic E-state index is -0.181. The van der Waals surface area contributed by atoms with Gasteiger partial charge in [-0.25, -0.2) is 0 Å². The van der Waals surface area contributed by atoms with Crippen LogP contribution in [0.25, 0.3) is 0 Å². The van der Waals surface area contributed by atoms with Crippen molar-refractivity contribution in [1.29, 1.82) is 0 Å². The van der Waals surface area contributed by atoms with E-state index in [9.17, 15) is 4.79 Å². The van der Waals surface area contributed by atoms with Crippen molar-refractivity contribution in [3.63, 3.8) is 0 Å². The van der Waals surface area contributed by atoms with Gasteiger partial charge in [0.2, 0.25) is 0 Å². The van der Waals surface area contributed by atoms with Crippen LogP contribution in [0.15, 0.2) is 0 Å². The molecule has 0 aromatic rings. The largest absolute Gasteiger partial charge is 1.00 e. The number of aliphatic hydroxyl groups is 3. The van der Waals surface area contributed by atoms with E-state index in [0.29, 0.717) is 13.0 Å². The Morgan fingerprint density at radius 1 is 0.878 bits per heavy atom. The van der Waals surface area contributed by atoms with E-state index in [-0.39, 0.29) is 173 Å². The monoisotopic (exact) mass is 789 g/mol. The fourth-order valence-corrected chi connectivity index (χ4v) is 1.68. The van der Waals surface area contributed by atoms with Crippen LogP contribution in [-0.2, 0) is 19.2 Å². The van der Waals surface area contributed by atoms with Crippen LogP contribution in [0, 0.1) is 0 Å². The maximum absolute atomic E-state index is 9.40. The molecule has 0 aromatic heterocycles. The normalized spacial score (nSPS) is 7.49. The summed E-state index contributed by atoms with van der Waals surface area (Å²) < 4.78 is 4.78. The molecule has 8 nitrogen and oxygen atoms in total. The van der Waals surface area contributed by atoms with Gasteiger partial charge in [-0.1, -0.05) is 96.5 Å². The third-order valence-corrected chi connectivity index (χ3v) is 3.41. The average Bonchev–Trinajstić information content (AvgIpc) is 2.87. The first-order valence-corrected chi connectivity index (χ1v) is 14.3. The molecule has 0 aliphatic heterocycles. The first kappa shape index (κ1) is 85.2. The number of hydrogen-bond acceptors (Lipinski definition) is 8. The number of rotatable bonds is 12. The number of carbonyl (C=O) groups excluding carboxylic acids is 2. The Hall–Kier alpha value is 4.24. The van der Waals surface area contributed by atoms with Crippen LogP contribution in [-0.4, -0.2) is 75.4 Å². The van der Waals surface area contributed by atoms with Crippen LogP contribution in [0.1, 0.15) is 129 Å². The van der Waals surface area contributed by atoms with E-state index in [1.807, 2.05) is 13.8 Å². The minimum Gasteiger partial charge on any atom is -1.00 e. The molecular weight excluding hydrogens is 724 g/mol. The average molecular weight is 792 g/mol. The summed E-state index contributed by atoms with van der Waals surface area (Å²) >= 11 is 3.31. The van der Waals surface area contributed by atoms with Crippen molar-refractivity contribution in [2.75, 3.05) is 32.8 Å². The zero-order valence-electron chi connectivity index (χ0n) is 31.4. The zero-order chi connectivity index (χ0) is 30.3. The van der Waals surface area contributed by atoms with Gasteiger partial charge in [0, 0.05) is 47.6 Å². The van der Waals surface area contributed by atoms with Crippen molar-refractivity contribution < 1.29 is 175 Å². The van der Waals surface area contributed by atoms with E-state index < -0.39 is 0 Å². The first-order chi connectivity index (χ1) is 17.3. The maximum Gasteiger partial charge on any atom is 1.00 e. The first-order valence-electron chi connectivity index (χ1n) is 13.2. The molecule has 3 radical (unpaired) electrons. The quantitative estimate of drug-likeness (QED) is 0.0492. The van der Waals surface area contributed by atoms with E-state index >= 15 is 0 Å². The third kappa shape index (κ3) is 266. The molecule has 0 fully saturated rings. The van der Waals surface area contributed by atoms with Gasteiger partial charge in [-0.2, -0.15) is 0 Å². The summed E-state index contributed by atoms with van der Waals surface area (Å²) in [7, 11) is 2.73. The number of unbranched alkanes of at least 4 members (excludes halogenated alkanes) is 4. The van der Waals surface area contributed by atoms with Crippen LogP contribution in [0.3, 0.4) is 0 Å². The molecule has 0 rings (SSSR count). The summed E-state index contributed by atoms with van der Waals surface area (Å²) in [5.41, 5.74) is 0. The van der Waals surface area contributed by atoms with E-state index in [0.717, 1.165) is 57.4 Å². The van der Waals surface area contributed by atoms with Crippen LogP contribution in [0.4, 0.5) is 0 Å². The molecule has 0 aliphatic carbocycles. The van der Waals surface area contributed by atoms with Gasteiger partial charge >= 0.3 is 132 Å². The van der Waals surface area contributed by atoms with Gasteiger partial charge in [0.25, 0.3) is 6.47 Å². The van der Waals surface area contributed by atoms with E-state index in [4.69, 9.17) is 30.1 Å². The summed E-state index contributed by atoms with van der Waals surface area (Å²) in [6, 6.07) is 0. The fourth-order valence-electron chi connectivity index (χ4n) is 1.12. The van der Waals surface area contributed by atoms with E-state index in [1.54, 1.807) is 7.11 Å². The van der Waals surface area contributed by atoms with Gasteiger partial charge in [0.15, 0.2) is 0 Å². The van der Waals surface area contributed by atoms with Crippen molar-refractivity contribution in [3.05, 3.63) is 0 Å². The SMILES string of the molecule is Br.CCC.CCCC(C)O.CCCC=O.CCCCBr.CCCCO.CCCCOC.CO.O=CO[O-].[B].[H-].[H-].[K+].[K+].[Na+]. The Morgan fingerprint density at radius 3 is 1.27 bits per heavy atom. The number of alkyl halides is 1. The molecule has 0 aromatic carbocycles. The topological polar surface area (TPSA) is 136 Å². The van der Waals surface area contributed by atoms with Gasteiger partial charge in [0.1, 0.15) is 6.29 Å². The van der Waals surface area contributed by atoms with Crippen molar-refractivity contribution in [1.82, 2.24) is 0 Å². The second-order valence-corrected chi connectivity index (χ2v) is 7.75. The van der Waals surface area contributed by atoms with Crippen molar-refractivity contribution >= 4 is 54.1 Å². The predicted octanol–water partition coefficient (Wildman–Crippen LogP) is -2.56. The molecular formula is C27H67BBr2K2NaO8. The van der Waals surface area contributed by atoms with Crippen LogP contribution < -0.4 is 138 Å². The molecule has 0 spiro atoms. The summed E-state index contributed by atoms with van der Waals surface area (Å²) in [5, 5.41) is 33.2. The molecule has 0 amide bonds. The van der Waals surface area contributed by atoms with E-state index in [2.05, 4.69) is 62.4 Å². The molecule has 0 aliphatic rings. The fraction of sp³-hybridized carbons (Fsp3) is 0.926. The minimum absolute atomic E-state index is 0. The molecule has 0 saturated carbocycles. The molecule has 0 bridgehead atoms. The van der Waals surface area contributed by atoms with Crippen LogP contribution >= 0.6 is 32.9 Å². The van der Waals surface area contributed by atoms with Gasteiger partial charge in [-0.3, -0.25) is 4.79 Å². The zero-order valence-corrected chi connectivity index (χ0v) is 40.9. The van der Waals surface area contributed by atoms with Crippen LogP contribution in [0.2, 0.25) is 0 Å². The Balaban J connectivity index is -0.0000000159. The summed E-state index contributed by atoms with van der Waals surface area (Å²) in [6.45, 7) is 17.6. The van der Waals surface area contributed by atoms with Gasteiger partial charge in [0.05, 0.1) is 6.10 Å². The standard InChI is InChI=1S/2C5H12O.C4H9Br.C4H10O.C4H8O.C3H8.CH2O3.CH4O.B.BrH.2K.Na.2H/c1-3-4-5-6-2;1-3-4-5(2)6;3*1-2-3-4-5;1-3-2;2-1-4-3;1-2;;;;;;;/h3-5H2,1-2H3;5-6H,3-4H2,1-2H3;2-4H2,1H3;5H,2-4H2,1H3;4H,2-3H2,1H3;3H2,1-2H3;1,3H;2H,1H3;;1H;;;;;/q;;;;;;;;;;3*+1;2*-1/p-1. The molecule has 3 N–H and O–H groups in total. The number of aldehydes is 1. The molecule has 243 valence electrons. The molecule has 0 saturated heterocycles.